The molecule has 2 aliphatic rings. The fraction of sp³-hybridized carbons (Fsp3) is 0.292. The van der Waals surface area contributed by atoms with Crippen LogP contribution in [0.3, 0.4) is 0 Å². The summed E-state index contributed by atoms with van der Waals surface area (Å²) in [6.07, 6.45) is 2.71. The number of thioether (sulfide) groups is 1. The van der Waals surface area contributed by atoms with Crippen molar-refractivity contribution < 1.29 is 71.9 Å². The Bertz CT molecular complexity index is 1830. The zero-order valence-electron chi connectivity index (χ0n) is 22.6. The van der Waals surface area contributed by atoms with Gasteiger partial charge < -0.3 is 24.4 Å². The van der Waals surface area contributed by atoms with E-state index < -0.39 is 51.9 Å². The number of nitrogens with zero attached hydrogens (tertiary/aromatic N) is 3. The van der Waals surface area contributed by atoms with E-state index in [9.17, 15) is 37.3 Å². The summed E-state index contributed by atoms with van der Waals surface area (Å²) in [7, 11) is -4.63. The van der Waals surface area contributed by atoms with Crippen LogP contribution in [0.1, 0.15) is 18.1 Å². The first-order valence-electron chi connectivity index (χ1n) is 11.7. The number of aliphatic carboxylic acids is 2. The SMILES string of the molecule is Cc1cc2c(cc1C)N(CC(C)S(=O)(=O)[O-])/C(=C/C=c1\s/c(=C3/SC(=S)N(CC(=O)O)C3=O)n(CC(=O)O)c1=O)O2.[Na+]. The minimum absolute atomic E-state index is 0. The fourth-order valence-corrected chi connectivity index (χ4v) is 6.73. The van der Waals surface area contributed by atoms with E-state index in [0.717, 1.165) is 43.7 Å². The van der Waals surface area contributed by atoms with Gasteiger partial charge in [0.15, 0.2) is 5.75 Å². The van der Waals surface area contributed by atoms with E-state index in [1.54, 1.807) is 12.1 Å². The van der Waals surface area contributed by atoms with Crippen LogP contribution >= 0.6 is 35.3 Å². The van der Waals surface area contributed by atoms with Crippen molar-refractivity contribution in [3.05, 3.63) is 54.8 Å². The molecule has 2 aromatic rings. The molecule has 42 heavy (non-hydrogen) atoms. The van der Waals surface area contributed by atoms with Crippen LogP contribution in [-0.2, 0) is 31.0 Å². The summed E-state index contributed by atoms with van der Waals surface area (Å²) in [5.41, 5.74) is 1.58. The fourth-order valence-electron chi connectivity index (χ4n) is 3.94. The van der Waals surface area contributed by atoms with Gasteiger partial charge in [0.25, 0.3) is 11.5 Å². The summed E-state index contributed by atoms with van der Waals surface area (Å²) in [4.78, 5) is 51.1. The number of benzene rings is 1. The van der Waals surface area contributed by atoms with Crippen molar-refractivity contribution in [2.24, 2.45) is 0 Å². The Morgan fingerprint density at radius 2 is 1.71 bits per heavy atom. The summed E-state index contributed by atoms with van der Waals surface area (Å²) < 4.78 is 41.7. The molecule has 3 heterocycles. The van der Waals surface area contributed by atoms with Crippen LogP contribution in [0.5, 0.6) is 5.75 Å². The van der Waals surface area contributed by atoms with Crippen LogP contribution in [0.25, 0.3) is 11.0 Å². The van der Waals surface area contributed by atoms with E-state index in [0.29, 0.717) is 11.4 Å². The topological polar surface area (TPSA) is 187 Å². The number of aromatic nitrogens is 1. The van der Waals surface area contributed by atoms with Crippen LogP contribution in [0.4, 0.5) is 5.69 Å². The monoisotopic (exact) mass is 663 g/mol. The van der Waals surface area contributed by atoms with E-state index in [4.69, 9.17) is 22.1 Å². The number of rotatable bonds is 8. The molecule has 1 aromatic heterocycles. The first-order valence-corrected chi connectivity index (χ1v) is 15.2. The number of carbonyl (C=O) groups is 3. The average Bonchev–Trinajstić information content (AvgIpc) is 3.44. The Morgan fingerprint density at radius 3 is 2.31 bits per heavy atom. The summed E-state index contributed by atoms with van der Waals surface area (Å²) in [5.74, 6) is -2.89. The van der Waals surface area contributed by atoms with Gasteiger partial charge in [-0.1, -0.05) is 24.0 Å². The van der Waals surface area contributed by atoms with Gasteiger partial charge in [-0.2, -0.15) is 0 Å². The van der Waals surface area contributed by atoms with Gasteiger partial charge in [-0.25, -0.2) is 8.42 Å². The number of amides is 1. The molecule has 0 spiro atoms. The van der Waals surface area contributed by atoms with Crippen molar-refractivity contribution in [3.63, 3.8) is 0 Å². The number of carbonyl (C=O) groups excluding carboxylic acids is 1. The number of fused-ring (bicyclic) bond motifs is 1. The Balaban J connectivity index is 0.00000484. The molecular formula is C24H22N3NaO10S4. The van der Waals surface area contributed by atoms with E-state index in [-0.39, 0.29) is 60.4 Å². The summed E-state index contributed by atoms with van der Waals surface area (Å²) in [5, 5.41) is 17.2. The number of ether oxygens (including phenoxy) is 1. The second-order valence-electron chi connectivity index (χ2n) is 9.13. The number of hydrogen-bond acceptors (Lipinski definition) is 12. The zero-order valence-corrected chi connectivity index (χ0v) is 27.9. The maximum atomic E-state index is 13.2. The third-order valence-electron chi connectivity index (χ3n) is 6.19. The molecule has 1 fully saturated rings. The molecule has 1 aromatic carbocycles. The molecule has 218 valence electrons. The van der Waals surface area contributed by atoms with Gasteiger partial charge in [0, 0.05) is 12.6 Å². The molecule has 0 radical (unpaired) electrons. The van der Waals surface area contributed by atoms with Gasteiger partial charge in [-0.05, 0) is 50.1 Å². The number of carboxylic acids is 2. The quantitative estimate of drug-likeness (QED) is 0.167. The number of aryl methyl sites for hydroxylation is 2. The molecule has 1 unspecified atom stereocenters. The number of hydrogen-bond donors (Lipinski definition) is 2. The predicted octanol–water partition coefficient (Wildman–Crippen LogP) is -2.88. The van der Waals surface area contributed by atoms with Gasteiger partial charge >= 0.3 is 41.5 Å². The van der Waals surface area contributed by atoms with Crippen LogP contribution in [0.15, 0.2) is 28.9 Å². The summed E-state index contributed by atoms with van der Waals surface area (Å²) in [6, 6.07) is 3.54. The molecule has 13 nitrogen and oxygen atoms in total. The number of anilines is 1. The van der Waals surface area contributed by atoms with E-state index in [1.165, 1.54) is 24.0 Å². The van der Waals surface area contributed by atoms with E-state index >= 15 is 0 Å². The minimum Gasteiger partial charge on any atom is -0.748 e. The van der Waals surface area contributed by atoms with Crippen molar-refractivity contribution in [3.8, 4) is 5.75 Å². The van der Waals surface area contributed by atoms with Gasteiger partial charge in [0.05, 0.1) is 25.6 Å². The Hall–Kier alpha value is -2.51. The van der Waals surface area contributed by atoms with Crippen molar-refractivity contribution in [1.29, 1.82) is 0 Å². The van der Waals surface area contributed by atoms with Crippen molar-refractivity contribution >= 4 is 84.3 Å². The third kappa shape index (κ3) is 6.99. The first kappa shape index (κ1) is 34.0. The number of allylic oxidation sites excluding steroid dienone is 1. The smallest absolute Gasteiger partial charge is 0.748 e. The second-order valence-corrected chi connectivity index (χ2v) is 13.6. The first-order chi connectivity index (χ1) is 19.1. The predicted molar refractivity (Wildman–Crippen MR) is 154 cm³/mol. The number of carboxylic acid groups (broad SMARTS) is 2. The molecule has 4 rings (SSSR count). The number of thiocarbonyl (C=S) groups is 1. The third-order valence-corrected chi connectivity index (χ3v) is 10.0. The van der Waals surface area contributed by atoms with Crippen LogP contribution < -0.4 is 53.9 Å². The standard InChI is InChI=1S/C24H23N3O10S4.Na/c1-11-6-14-15(7-12(11)2)37-17(25(14)8-13(3)41(34,35)36)5-4-16-21(32)26(9-18(28)29)23(39-16)20-22(33)27(10-19(30)31)24(38)40-20;/h4-7,13H,8-10H2,1-3H3,(H,28,29)(H,30,31)(H,34,35,36);/q;+1/p-1/b16-4-,17-5-,23-20+;. The van der Waals surface area contributed by atoms with Gasteiger partial charge in [-0.3, -0.25) is 28.6 Å². The van der Waals surface area contributed by atoms with Crippen LogP contribution in [-0.4, -0.2) is 73.2 Å². The van der Waals surface area contributed by atoms with Crippen molar-refractivity contribution in [1.82, 2.24) is 9.47 Å². The Morgan fingerprint density at radius 1 is 1.10 bits per heavy atom. The summed E-state index contributed by atoms with van der Waals surface area (Å²) >= 11 is 6.67. The Kier molecular flexibility index (Phi) is 10.5. The molecule has 0 bridgehead atoms. The zero-order chi connectivity index (χ0) is 30.4. The Labute approximate surface area is 274 Å². The minimum atomic E-state index is -4.63. The van der Waals surface area contributed by atoms with Gasteiger partial charge in [-0.15, -0.1) is 11.3 Å². The molecule has 2 N–H and O–H groups in total. The molecule has 0 aliphatic carbocycles. The van der Waals surface area contributed by atoms with E-state index in [2.05, 4.69) is 0 Å². The van der Waals surface area contributed by atoms with Crippen LogP contribution in [0.2, 0.25) is 0 Å². The molecule has 2 aliphatic heterocycles. The molecule has 1 amide bonds. The average molecular weight is 664 g/mol. The second kappa shape index (κ2) is 13.0. The largest absolute Gasteiger partial charge is 1.00 e. The maximum absolute atomic E-state index is 13.2. The van der Waals surface area contributed by atoms with Crippen molar-refractivity contribution in [2.45, 2.75) is 32.6 Å². The van der Waals surface area contributed by atoms with Crippen LogP contribution in [0, 0.1) is 13.8 Å². The molecular weight excluding hydrogens is 642 g/mol. The van der Waals surface area contributed by atoms with E-state index in [1.807, 2.05) is 13.8 Å². The van der Waals surface area contributed by atoms with Gasteiger partial charge in [0.1, 0.15) is 27.0 Å². The summed E-state index contributed by atoms with van der Waals surface area (Å²) in [6.45, 7) is 3.28. The molecule has 0 saturated carbocycles. The van der Waals surface area contributed by atoms with Gasteiger partial charge in [0.2, 0.25) is 5.88 Å². The number of thiazole rings is 1. The molecule has 1 atom stereocenters. The maximum Gasteiger partial charge on any atom is 1.00 e. The normalized spacial score (nSPS) is 18.3. The van der Waals surface area contributed by atoms with Crippen molar-refractivity contribution in [2.75, 3.05) is 18.0 Å². The molecule has 1 saturated heterocycles. The molecule has 18 heteroatoms.